The van der Waals surface area contributed by atoms with Crippen LogP contribution in [0.4, 0.5) is 5.95 Å². The molecule has 114 valence electrons. The molecule has 0 spiro atoms. The van der Waals surface area contributed by atoms with Crippen LogP contribution in [0.25, 0.3) is 0 Å². The van der Waals surface area contributed by atoms with Gasteiger partial charge in [-0.15, -0.1) is 0 Å². The molecule has 0 amide bonds. The predicted octanol–water partition coefficient (Wildman–Crippen LogP) is 1.90. The second-order valence-electron chi connectivity index (χ2n) is 4.67. The van der Waals surface area contributed by atoms with E-state index in [0.29, 0.717) is 30.8 Å². The van der Waals surface area contributed by atoms with Crippen molar-refractivity contribution in [3.8, 4) is 6.01 Å². The fourth-order valence-corrected chi connectivity index (χ4v) is 1.94. The molecular weight excluding hydrogens is 268 g/mol. The highest BCUT2D eigenvalue weighted by atomic mass is 16.5. The van der Waals surface area contributed by atoms with Crippen LogP contribution in [-0.4, -0.2) is 38.2 Å². The molecule has 0 aliphatic carbocycles. The van der Waals surface area contributed by atoms with E-state index in [1.807, 2.05) is 13.1 Å². The normalized spacial score (nSPS) is 10.6. The molecule has 2 aromatic heterocycles. The van der Waals surface area contributed by atoms with Crippen molar-refractivity contribution in [3.63, 3.8) is 0 Å². The molecule has 0 saturated heterocycles. The predicted molar refractivity (Wildman–Crippen MR) is 80.5 cm³/mol. The first-order valence-corrected chi connectivity index (χ1v) is 7.32. The van der Waals surface area contributed by atoms with Crippen LogP contribution < -0.4 is 10.1 Å². The maximum atomic E-state index is 5.51. The minimum atomic E-state index is 0.361. The summed E-state index contributed by atoms with van der Waals surface area (Å²) in [6.07, 6.45) is 6.32. The molecule has 1 N–H and O–H groups in total. The Labute approximate surface area is 124 Å². The summed E-state index contributed by atoms with van der Waals surface area (Å²) in [6, 6.07) is 0.361. The van der Waals surface area contributed by atoms with E-state index in [0.717, 1.165) is 25.2 Å². The standard InChI is InChI=1S/C14H22N6O/c1-4-7-20-8-6-16-12(20)10-11-17-13(15-3)19-14(18-11)21-9-5-2/h6,8H,4-5,7,9-10H2,1-3H3,(H,15,17,18,19). The van der Waals surface area contributed by atoms with Gasteiger partial charge in [-0.25, -0.2) is 4.98 Å². The molecule has 7 nitrogen and oxygen atoms in total. The van der Waals surface area contributed by atoms with Crippen LogP contribution >= 0.6 is 0 Å². The summed E-state index contributed by atoms with van der Waals surface area (Å²) in [5.41, 5.74) is 0. The van der Waals surface area contributed by atoms with Crippen molar-refractivity contribution in [1.82, 2.24) is 24.5 Å². The molecule has 0 aliphatic heterocycles. The summed E-state index contributed by atoms with van der Waals surface area (Å²) in [4.78, 5) is 17.3. The Morgan fingerprint density at radius 2 is 2.05 bits per heavy atom. The van der Waals surface area contributed by atoms with Crippen molar-refractivity contribution < 1.29 is 4.74 Å². The van der Waals surface area contributed by atoms with Gasteiger partial charge < -0.3 is 14.6 Å². The Balaban J connectivity index is 2.19. The lowest BCUT2D eigenvalue weighted by molar-refractivity contribution is 0.290. The van der Waals surface area contributed by atoms with Crippen molar-refractivity contribution in [3.05, 3.63) is 24.0 Å². The van der Waals surface area contributed by atoms with E-state index in [-0.39, 0.29) is 0 Å². The minimum Gasteiger partial charge on any atom is -0.463 e. The molecule has 0 bridgehead atoms. The topological polar surface area (TPSA) is 77.8 Å². The molecule has 0 fully saturated rings. The highest BCUT2D eigenvalue weighted by Crippen LogP contribution is 2.11. The van der Waals surface area contributed by atoms with Crippen molar-refractivity contribution in [1.29, 1.82) is 0 Å². The van der Waals surface area contributed by atoms with Gasteiger partial charge in [0.25, 0.3) is 0 Å². The van der Waals surface area contributed by atoms with Gasteiger partial charge in [-0.05, 0) is 12.8 Å². The third-order valence-electron chi connectivity index (χ3n) is 2.90. The Kier molecular flexibility index (Phi) is 5.48. The van der Waals surface area contributed by atoms with E-state index in [1.54, 1.807) is 13.2 Å². The average molecular weight is 290 g/mol. The number of rotatable bonds is 8. The number of nitrogens with zero attached hydrogens (tertiary/aromatic N) is 5. The summed E-state index contributed by atoms with van der Waals surface area (Å²) >= 11 is 0. The summed E-state index contributed by atoms with van der Waals surface area (Å²) in [5.74, 6) is 2.12. The van der Waals surface area contributed by atoms with Gasteiger partial charge in [0.1, 0.15) is 11.6 Å². The van der Waals surface area contributed by atoms with Gasteiger partial charge in [-0.3, -0.25) is 0 Å². The van der Waals surface area contributed by atoms with E-state index < -0.39 is 0 Å². The molecule has 21 heavy (non-hydrogen) atoms. The lowest BCUT2D eigenvalue weighted by atomic mass is 10.3. The number of aromatic nitrogens is 5. The number of imidazole rings is 1. The van der Waals surface area contributed by atoms with Crippen molar-refractivity contribution in [2.75, 3.05) is 19.0 Å². The fourth-order valence-electron chi connectivity index (χ4n) is 1.94. The Hall–Kier alpha value is -2.18. The second kappa shape index (κ2) is 7.56. The van der Waals surface area contributed by atoms with Crippen LogP contribution in [0.3, 0.4) is 0 Å². The van der Waals surface area contributed by atoms with E-state index in [4.69, 9.17) is 4.74 Å². The largest absolute Gasteiger partial charge is 0.463 e. The zero-order chi connectivity index (χ0) is 15.1. The highest BCUT2D eigenvalue weighted by molar-refractivity contribution is 5.25. The number of aryl methyl sites for hydroxylation is 1. The maximum absolute atomic E-state index is 5.51. The summed E-state index contributed by atoms with van der Waals surface area (Å²) in [5, 5.41) is 2.93. The number of ether oxygens (including phenoxy) is 1. The minimum absolute atomic E-state index is 0.361. The van der Waals surface area contributed by atoms with Crippen LogP contribution in [0.5, 0.6) is 6.01 Å². The molecule has 7 heteroatoms. The molecule has 2 rings (SSSR count). The molecule has 0 radical (unpaired) electrons. The van der Waals surface area contributed by atoms with Gasteiger partial charge in [0.05, 0.1) is 13.0 Å². The van der Waals surface area contributed by atoms with E-state index in [1.165, 1.54) is 0 Å². The molecule has 2 aromatic rings. The first-order chi connectivity index (χ1) is 10.3. The van der Waals surface area contributed by atoms with Gasteiger partial charge in [0.15, 0.2) is 0 Å². The van der Waals surface area contributed by atoms with Crippen molar-refractivity contribution in [2.45, 2.75) is 39.7 Å². The monoisotopic (exact) mass is 290 g/mol. The average Bonchev–Trinajstić information content (AvgIpc) is 2.92. The van der Waals surface area contributed by atoms with Gasteiger partial charge in [-0.1, -0.05) is 13.8 Å². The zero-order valence-corrected chi connectivity index (χ0v) is 12.8. The summed E-state index contributed by atoms with van der Waals surface area (Å²) < 4.78 is 7.63. The van der Waals surface area contributed by atoms with Crippen molar-refractivity contribution in [2.24, 2.45) is 0 Å². The van der Waals surface area contributed by atoms with E-state index in [2.05, 4.69) is 36.7 Å². The lowest BCUT2D eigenvalue weighted by Gasteiger charge is -2.08. The first kappa shape index (κ1) is 15.2. The molecule has 2 heterocycles. The SMILES string of the molecule is CCCOc1nc(Cc2nccn2CCC)nc(NC)n1. The van der Waals surface area contributed by atoms with Gasteiger partial charge in [-0.2, -0.15) is 15.0 Å². The second-order valence-corrected chi connectivity index (χ2v) is 4.67. The maximum Gasteiger partial charge on any atom is 0.321 e. The fraction of sp³-hybridized carbons (Fsp3) is 0.571. The Morgan fingerprint density at radius 1 is 1.19 bits per heavy atom. The van der Waals surface area contributed by atoms with Crippen LogP contribution in [0.1, 0.15) is 38.3 Å². The Bertz CT molecular complexity index is 568. The zero-order valence-electron chi connectivity index (χ0n) is 12.8. The van der Waals surface area contributed by atoms with Crippen molar-refractivity contribution >= 4 is 5.95 Å². The third-order valence-corrected chi connectivity index (χ3v) is 2.90. The molecule has 0 aliphatic rings. The van der Waals surface area contributed by atoms with Gasteiger partial charge in [0.2, 0.25) is 5.95 Å². The van der Waals surface area contributed by atoms with E-state index >= 15 is 0 Å². The quantitative estimate of drug-likeness (QED) is 0.800. The van der Waals surface area contributed by atoms with E-state index in [9.17, 15) is 0 Å². The van der Waals surface area contributed by atoms with Gasteiger partial charge >= 0.3 is 6.01 Å². The number of anilines is 1. The molecule has 0 aromatic carbocycles. The van der Waals surface area contributed by atoms with Gasteiger partial charge in [0, 0.05) is 26.0 Å². The van der Waals surface area contributed by atoms with Crippen LogP contribution in [0, 0.1) is 0 Å². The molecular formula is C14H22N6O. The van der Waals surface area contributed by atoms with Crippen LogP contribution in [0.15, 0.2) is 12.4 Å². The first-order valence-electron chi connectivity index (χ1n) is 7.32. The number of hydrogen-bond acceptors (Lipinski definition) is 6. The number of nitrogens with one attached hydrogen (secondary N) is 1. The molecule has 0 atom stereocenters. The van der Waals surface area contributed by atoms with Crippen LogP contribution in [-0.2, 0) is 13.0 Å². The summed E-state index contributed by atoms with van der Waals surface area (Å²) in [7, 11) is 1.78. The summed E-state index contributed by atoms with van der Waals surface area (Å²) in [6.45, 7) is 5.72. The molecule has 0 unspecified atom stereocenters. The number of hydrogen-bond donors (Lipinski definition) is 1. The lowest BCUT2D eigenvalue weighted by Crippen LogP contribution is -2.10. The highest BCUT2D eigenvalue weighted by Gasteiger charge is 2.10. The third kappa shape index (κ3) is 4.14. The Morgan fingerprint density at radius 3 is 2.76 bits per heavy atom. The molecule has 0 saturated carbocycles. The van der Waals surface area contributed by atoms with Crippen LogP contribution in [0.2, 0.25) is 0 Å². The smallest absolute Gasteiger partial charge is 0.321 e.